The molecule has 1 unspecified atom stereocenters. The zero-order valence-electron chi connectivity index (χ0n) is 18.6. The highest BCUT2D eigenvalue weighted by atomic mass is 35.5. The quantitative estimate of drug-likeness (QED) is 0.557. The van der Waals surface area contributed by atoms with Crippen LogP contribution in [0.1, 0.15) is 71.6 Å². The first-order valence-corrected chi connectivity index (χ1v) is 11.8. The number of halogens is 3. The zero-order valence-corrected chi connectivity index (χ0v) is 19.4. The summed E-state index contributed by atoms with van der Waals surface area (Å²) >= 11 is 0. The molecule has 0 aromatic rings. The van der Waals surface area contributed by atoms with E-state index in [-0.39, 0.29) is 47.1 Å². The lowest BCUT2D eigenvalue weighted by Gasteiger charge is -2.59. The van der Waals surface area contributed by atoms with Gasteiger partial charge in [-0.1, -0.05) is 19.0 Å². The Labute approximate surface area is 190 Å². The van der Waals surface area contributed by atoms with Crippen LogP contribution in [0.15, 0.2) is 16.8 Å². The van der Waals surface area contributed by atoms with Crippen LogP contribution < -0.4 is 5.32 Å². The Balaban J connectivity index is 0.00000231. The molecule has 31 heavy (non-hydrogen) atoms. The average molecular weight is 457 g/mol. The maximum absolute atomic E-state index is 14.2. The Bertz CT molecular complexity index is 792. The van der Waals surface area contributed by atoms with E-state index in [4.69, 9.17) is 4.84 Å². The van der Waals surface area contributed by atoms with Crippen LogP contribution in [-0.2, 0) is 9.63 Å². The third-order valence-corrected chi connectivity index (χ3v) is 9.65. The van der Waals surface area contributed by atoms with Gasteiger partial charge in [-0.3, -0.25) is 4.79 Å². The van der Waals surface area contributed by atoms with Gasteiger partial charge in [0.05, 0.1) is 5.71 Å². The van der Waals surface area contributed by atoms with Crippen LogP contribution in [0.2, 0.25) is 0 Å². The highest BCUT2D eigenvalue weighted by Gasteiger charge is 2.61. The number of Topliss-reactive ketones (excluding diaryl/α,β-unsaturated/α-hetero) is 1. The van der Waals surface area contributed by atoms with Crippen LogP contribution in [0.4, 0.5) is 8.78 Å². The molecule has 1 aliphatic heterocycles. The second-order valence-electron chi connectivity index (χ2n) is 10.9. The van der Waals surface area contributed by atoms with Gasteiger partial charge < -0.3 is 10.2 Å². The summed E-state index contributed by atoms with van der Waals surface area (Å²) in [4.78, 5) is 18.3. The van der Waals surface area contributed by atoms with Crippen molar-refractivity contribution in [3.8, 4) is 0 Å². The fourth-order valence-electron chi connectivity index (χ4n) is 7.84. The zero-order chi connectivity index (χ0) is 21.1. The maximum atomic E-state index is 14.2. The molecule has 174 valence electrons. The highest BCUT2D eigenvalue weighted by Crippen LogP contribution is 2.66. The van der Waals surface area contributed by atoms with Crippen LogP contribution in [0, 0.1) is 34.5 Å². The first kappa shape index (κ1) is 23.2. The molecular formula is C24H35ClF2N2O2. The minimum atomic E-state index is -1.50. The van der Waals surface area contributed by atoms with Crippen molar-refractivity contribution in [1.82, 2.24) is 5.32 Å². The molecule has 7 atom stereocenters. The fourth-order valence-corrected chi connectivity index (χ4v) is 7.84. The van der Waals surface area contributed by atoms with Crippen LogP contribution >= 0.6 is 12.4 Å². The van der Waals surface area contributed by atoms with Crippen molar-refractivity contribution in [1.29, 1.82) is 0 Å². The second-order valence-corrected chi connectivity index (χ2v) is 10.9. The third kappa shape index (κ3) is 3.66. The number of rotatable bonds is 2. The summed E-state index contributed by atoms with van der Waals surface area (Å²) in [6, 6.07) is 0. The molecule has 0 aromatic heterocycles. The molecule has 4 nitrogen and oxygen atoms in total. The average Bonchev–Trinajstić information content (AvgIpc) is 3.34. The summed E-state index contributed by atoms with van der Waals surface area (Å²) in [5.41, 5.74) is 0.866. The van der Waals surface area contributed by atoms with E-state index in [9.17, 15) is 13.6 Å². The van der Waals surface area contributed by atoms with Crippen LogP contribution in [0.25, 0.3) is 0 Å². The van der Waals surface area contributed by atoms with Crippen molar-refractivity contribution in [3.05, 3.63) is 11.7 Å². The van der Waals surface area contributed by atoms with E-state index in [1.54, 1.807) is 0 Å². The maximum Gasteiger partial charge on any atom is 0.269 e. The molecule has 7 heteroatoms. The van der Waals surface area contributed by atoms with Gasteiger partial charge in [0.25, 0.3) is 6.08 Å². The largest absolute Gasteiger partial charge is 0.391 e. The summed E-state index contributed by atoms with van der Waals surface area (Å²) in [6.45, 7) is 6.11. The highest BCUT2D eigenvalue weighted by molar-refractivity contribution is 5.87. The molecule has 0 radical (unpaired) electrons. The van der Waals surface area contributed by atoms with E-state index in [1.807, 2.05) is 0 Å². The van der Waals surface area contributed by atoms with Gasteiger partial charge in [-0.2, -0.15) is 8.78 Å². The molecule has 4 aliphatic carbocycles. The van der Waals surface area contributed by atoms with Gasteiger partial charge >= 0.3 is 0 Å². The molecule has 1 heterocycles. The Morgan fingerprint density at radius 3 is 2.61 bits per heavy atom. The SMILES string of the molecule is C[C@]12CC/C(=N\O[C@@H]3CCNC3)CC1C(=C(F)F)C[C@@H]1[C@@H]2CC[C@]2(C)C(=O)CC[C@@H]12.Cl. The monoisotopic (exact) mass is 456 g/mol. The molecule has 4 saturated carbocycles. The lowest BCUT2D eigenvalue weighted by molar-refractivity contribution is -0.134. The van der Waals surface area contributed by atoms with Crippen molar-refractivity contribution in [3.63, 3.8) is 0 Å². The van der Waals surface area contributed by atoms with E-state index in [2.05, 4.69) is 24.3 Å². The van der Waals surface area contributed by atoms with Crippen LogP contribution in [-0.4, -0.2) is 30.7 Å². The molecule has 0 spiro atoms. The Kier molecular flexibility index (Phi) is 6.28. The predicted octanol–water partition coefficient (Wildman–Crippen LogP) is 5.52. The first-order chi connectivity index (χ1) is 14.3. The van der Waals surface area contributed by atoms with Crippen LogP contribution in [0.3, 0.4) is 0 Å². The standard InChI is InChI=1S/C24H34F2N2O2.ClH/c1-23-8-5-14(28-30-15-7-10-27-13-15)11-20(23)17(22(25)26)12-16-18-3-4-21(29)24(18,2)9-6-19(16)23;/h15-16,18-20,27H,3-13H2,1-2H3;1H/b28-14+;/t15-,16+,18+,19+,20?,23-,24+;/m1./s1. The van der Waals surface area contributed by atoms with E-state index in [1.165, 1.54) is 0 Å². The minimum absolute atomic E-state index is 0. The van der Waals surface area contributed by atoms with Gasteiger partial charge in [0.2, 0.25) is 0 Å². The topological polar surface area (TPSA) is 50.7 Å². The van der Waals surface area contributed by atoms with E-state index in [0.717, 1.165) is 57.3 Å². The summed E-state index contributed by atoms with van der Waals surface area (Å²) < 4.78 is 28.5. The van der Waals surface area contributed by atoms with E-state index < -0.39 is 6.08 Å². The first-order valence-electron chi connectivity index (χ1n) is 11.8. The Morgan fingerprint density at radius 1 is 1.10 bits per heavy atom. The molecule has 5 fully saturated rings. The van der Waals surface area contributed by atoms with Crippen molar-refractivity contribution in [2.75, 3.05) is 13.1 Å². The summed E-state index contributed by atoms with van der Waals surface area (Å²) in [5, 5.41) is 7.69. The summed E-state index contributed by atoms with van der Waals surface area (Å²) in [5.74, 6) is 1.12. The number of hydrogen-bond acceptors (Lipinski definition) is 4. The van der Waals surface area contributed by atoms with Gasteiger partial charge in [-0.25, -0.2) is 0 Å². The van der Waals surface area contributed by atoms with Gasteiger partial charge in [-0.05, 0) is 86.2 Å². The second kappa shape index (κ2) is 8.40. The molecule has 0 amide bonds. The fraction of sp³-hybridized carbons (Fsp3) is 0.833. The lowest BCUT2D eigenvalue weighted by Crippen LogP contribution is -2.54. The number of carbonyl (C=O) groups is 1. The number of allylic oxidation sites excluding steroid dienone is 1. The number of nitrogens with one attached hydrogen (secondary N) is 1. The smallest absolute Gasteiger partial charge is 0.269 e. The molecule has 5 aliphatic rings. The molecule has 0 aromatic carbocycles. The van der Waals surface area contributed by atoms with E-state index in [0.29, 0.717) is 36.5 Å². The summed E-state index contributed by atoms with van der Waals surface area (Å²) in [7, 11) is 0. The van der Waals surface area contributed by atoms with Crippen molar-refractivity contribution in [2.45, 2.75) is 77.7 Å². The third-order valence-electron chi connectivity index (χ3n) is 9.65. The number of ketones is 1. The number of hydrogen-bond donors (Lipinski definition) is 1. The van der Waals surface area contributed by atoms with Gasteiger partial charge in [0.15, 0.2) is 0 Å². The molecule has 5 rings (SSSR count). The molecule has 1 N–H and O–H groups in total. The molecule has 1 saturated heterocycles. The normalized spacial score (nSPS) is 45.5. The van der Waals surface area contributed by atoms with Crippen molar-refractivity contribution >= 4 is 23.9 Å². The number of fused-ring (bicyclic) bond motifs is 5. The number of oxime groups is 1. The minimum Gasteiger partial charge on any atom is -0.391 e. The summed E-state index contributed by atoms with van der Waals surface area (Å²) in [6.07, 6.45) is 5.76. The van der Waals surface area contributed by atoms with Crippen molar-refractivity contribution < 1.29 is 18.4 Å². The van der Waals surface area contributed by atoms with Gasteiger partial charge in [-0.15, -0.1) is 12.4 Å². The van der Waals surface area contributed by atoms with Gasteiger partial charge in [0.1, 0.15) is 11.9 Å². The molecular weight excluding hydrogens is 422 g/mol. The lowest BCUT2D eigenvalue weighted by atomic mass is 9.44. The van der Waals surface area contributed by atoms with Gasteiger partial charge in [0, 0.05) is 24.8 Å². The Hall–Kier alpha value is -1.01. The Morgan fingerprint density at radius 2 is 1.90 bits per heavy atom. The van der Waals surface area contributed by atoms with Crippen LogP contribution in [0.5, 0.6) is 0 Å². The predicted molar refractivity (Wildman–Crippen MR) is 118 cm³/mol. The number of carbonyl (C=O) groups excluding carboxylic acids is 1. The van der Waals surface area contributed by atoms with E-state index >= 15 is 0 Å². The molecule has 0 bridgehead atoms. The van der Waals surface area contributed by atoms with Crippen molar-refractivity contribution in [2.24, 2.45) is 39.7 Å². The number of nitrogens with zero attached hydrogens (tertiary/aromatic N) is 1.